The first-order chi connectivity index (χ1) is 15.1. The van der Waals surface area contributed by atoms with E-state index in [1.165, 1.54) is 0 Å². The molecule has 0 unspecified atom stereocenters. The van der Waals surface area contributed by atoms with Gasteiger partial charge in [-0.05, 0) is 42.5 Å². The minimum absolute atomic E-state index is 0.204. The number of aromatic nitrogens is 4. The Morgan fingerprint density at radius 1 is 1.03 bits per heavy atom. The molecule has 152 valence electrons. The standard InChI is InChI=1S/C23H17ClN6O/c1-29(19-10-6-5-9-18(19)22(31)26-16-7-3-2-4-8-16)21-17-12-11-15(24)13-20(17)30-14-25-28-23(30)27-21/h2-14H,1H3,(H,26,31). The summed E-state index contributed by atoms with van der Waals surface area (Å²) in [7, 11) is 1.87. The fourth-order valence-corrected chi connectivity index (χ4v) is 3.74. The molecular weight excluding hydrogens is 412 g/mol. The SMILES string of the molecule is CN(c1ccccc1C(=O)Nc1ccccc1)c1nc2nncn2c2cc(Cl)ccc12. The van der Waals surface area contributed by atoms with Gasteiger partial charge in [0.1, 0.15) is 12.1 Å². The largest absolute Gasteiger partial charge is 0.328 e. The second kappa shape index (κ2) is 7.70. The highest BCUT2D eigenvalue weighted by atomic mass is 35.5. The van der Waals surface area contributed by atoms with Gasteiger partial charge >= 0.3 is 0 Å². The first-order valence-electron chi connectivity index (χ1n) is 9.60. The molecule has 2 aromatic heterocycles. The lowest BCUT2D eigenvalue weighted by molar-refractivity contribution is 0.102. The molecule has 0 aliphatic heterocycles. The molecule has 8 heteroatoms. The molecule has 5 aromatic rings. The molecule has 1 N–H and O–H groups in total. The molecule has 2 heterocycles. The van der Waals surface area contributed by atoms with Gasteiger partial charge in [-0.2, -0.15) is 4.98 Å². The Morgan fingerprint density at radius 3 is 2.65 bits per heavy atom. The number of halogens is 1. The predicted octanol–water partition coefficient (Wildman–Crippen LogP) is 4.95. The van der Waals surface area contributed by atoms with Gasteiger partial charge in [0, 0.05) is 23.1 Å². The summed E-state index contributed by atoms with van der Waals surface area (Å²) < 4.78 is 1.78. The third kappa shape index (κ3) is 3.45. The van der Waals surface area contributed by atoms with Crippen molar-refractivity contribution in [2.75, 3.05) is 17.3 Å². The van der Waals surface area contributed by atoms with Crippen molar-refractivity contribution < 1.29 is 4.79 Å². The molecule has 0 bridgehead atoms. The lowest BCUT2D eigenvalue weighted by Crippen LogP contribution is -2.19. The second-order valence-electron chi connectivity index (χ2n) is 6.99. The lowest BCUT2D eigenvalue weighted by Gasteiger charge is -2.23. The van der Waals surface area contributed by atoms with Crippen molar-refractivity contribution in [1.82, 2.24) is 19.6 Å². The Hall–Kier alpha value is -3.97. The highest BCUT2D eigenvalue weighted by molar-refractivity contribution is 6.31. The van der Waals surface area contributed by atoms with Crippen LogP contribution in [0.25, 0.3) is 16.7 Å². The van der Waals surface area contributed by atoms with Crippen LogP contribution in [0.3, 0.4) is 0 Å². The van der Waals surface area contributed by atoms with Gasteiger partial charge in [-0.3, -0.25) is 9.20 Å². The second-order valence-corrected chi connectivity index (χ2v) is 7.43. The first-order valence-corrected chi connectivity index (χ1v) is 9.98. The molecule has 0 aliphatic rings. The summed E-state index contributed by atoms with van der Waals surface area (Å²) in [5.41, 5.74) is 2.80. The van der Waals surface area contributed by atoms with Crippen LogP contribution in [0.5, 0.6) is 0 Å². The van der Waals surface area contributed by atoms with Crippen molar-refractivity contribution in [2.24, 2.45) is 0 Å². The van der Waals surface area contributed by atoms with Crippen molar-refractivity contribution in [1.29, 1.82) is 0 Å². The number of hydrogen-bond donors (Lipinski definition) is 1. The molecule has 0 spiro atoms. The van der Waals surface area contributed by atoms with Crippen LogP contribution in [0.15, 0.2) is 79.1 Å². The van der Waals surface area contributed by atoms with Crippen molar-refractivity contribution in [3.8, 4) is 0 Å². The highest BCUT2D eigenvalue weighted by Gasteiger charge is 2.19. The van der Waals surface area contributed by atoms with Crippen molar-refractivity contribution in [3.63, 3.8) is 0 Å². The number of hydrogen-bond acceptors (Lipinski definition) is 5. The van der Waals surface area contributed by atoms with Crippen LogP contribution in [0.4, 0.5) is 17.2 Å². The quantitative estimate of drug-likeness (QED) is 0.438. The maximum atomic E-state index is 13.0. The smallest absolute Gasteiger partial charge is 0.257 e. The van der Waals surface area contributed by atoms with E-state index >= 15 is 0 Å². The molecule has 31 heavy (non-hydrogen) atoms. The number of carbonyl (C=O) groups is 1. The van der Waals surface area contributed by atoms with Gasteiger partial charge in [0.2, 0.25) is 0 Å². The topological polar surface area (TPSA) is 75.4 Å². The van der Waals surface area contributed by atoms with E-state index in [1.54, 1.807) is 16.8 Å². The maximum absolute atomic E-state index is 13.0. The molecule has 0 fully saturated rings. The molecule has 0 radical (unpaired) electrons. The zero-order valence-corrected chi connectivity index (χ0v) is 17.3. The third-order valence-electron chi connectivity index (χ3n) is 5.06. The van der Waals surface area contributed by atoms with Crippen LogP contribution < -0.4 is 10.2 Å². The molecule has 1 amide bonds. The number of para-hydroxylation sites is 2. The minimum Gasteiger partial charge on any atom is -0.328 e. The number of amides is 1. The summed E-state index contributed by atoms with van der Waals surface area (Å²) in [6.07, 6.45) is 1.60. The van der Waals surface area contributed by atoms with Crippen molar-refractivity contribution >= 4 is 51.4 Å². The van der Waals surface area contributed by atoms with E-state index in [2.05, 4.69) is 15.5 Å². The van der Waals surface area contributed by atoms with Crippen LogP contribution in [0, 0.1) is 0 Å². The number of rotatable bonds is 4. The molecule has 0 atom stereocenters. The van der Waals surface area contributed by atoms with Crippen LogP contribution in [0.1, 0.15) is 10.4 Å². The van der Waals surface area contributed by atoms with Crippen LogP contribution in [-0.2, 0) is 0 Å². The van der Waals surface area contributed by atoms with Gasteiger partial charge in [-0.15, -0.1) is 10.2 Å². The van der Waals surface area contributed by atoms with Crippen LogP contribution in [-0.4, -0.2) is 32.5 Å². The fraction of sp³-hybridized carbons (Fsp3) is 0.0435. The van der Waals surface area contributed by atoms with E-state index in [-0.39, 0.29) is 5.91 Å². The average Bonchev–Trinajstić information content (AvgIpc) is 3.28. The predicted molar refractivity (Wildman–Crippen MR) is 122 cm³/mol. The molecule has 7 nitrogen and oxygen atoms in total. The summed E-state index contributed by atoms with van der Waals surface area (Å²) in [4.78, 5) is 19.6. The normalized spacial score (nSPS) is 11.0. The van der Waals surface area contributed by atoms with Gasteiger partial charge in [0.25, 0.3) is 11.7 Å². The van der Waals surface area contributed by atoms with Gasteiger partial charge in [-0.25, -0.2) is 0 Å². The van der Waals surface area contributed by atoms with Gasteiger partial charge in [0.05, 0.1) is 16.8 Å². The first kappa shape index (κ1) is 19.0. The lowest BCUT2D eigenvalue weighted by atomic mass is 10.1. The van der Waals surface area contributed by atoms with E-state index in [0.29, 0.717) is 27.9 Å². The van der Waals surface area contributed by atoms with Crippen LogP contribution >= 0.6 is 11.6 Å². The summed E-state index contributed by atoms with van der Waals surface area (Å²) in [6, 6.07) is 22.3. The Kier molecular flexibility index (Phi) is 4.72. The van der Waals surface area contributed by atoms with E-state index in [9.17, 15) is 4.79 Å². The third-order valence-corrected chi connectivity index (χ3v) is 5.29. The number of nitrogens with one attached hydrogen (secondary N) is 1. The zero-order chi connectivity index (χ0) is 21.4. The highest BCUT2D eigenvalue weighted by Crippen LogP contribution is 2.33. The fourth-order valence-electron chi connectivity index (χ4n) is 3.57. The molecule has 5 rings (SSSR count). The van der Waals surface area contributed by atoms with E-state index in [1.807, 2.05) is 78.7 Å². The summed E-state index contributed by atoms with van der Waals surface area (Å²) in [5, 5.41) is 12.5. The number of anilines is 3. The number of nitrogens with zero attached hydrogens (tertiary/aromatic N) is 5. The average molecular weight is 429 g/mol. The van der Waals surface area contributed by atoms with E-state index in [0.717, 1.165) is 16.6 Å². The summed E-state index contributed by atoms with van der Waals surface area (Å²) in [6.45, 7) is 0. The Bertz CT molecular complexity index is 1420. The molecule has 3 aromatic carbocycles. The van der Waals surface area contributed by atoms with Crippen molar-refractivity contribution in [3.05, 3.63) is 89.7 Å². The minimum atomic E-state index is -0.204. The Morgan fingerprint density at radius 2 is 1.81 bits per heavy atom. The molecule has 0 saturated heterocycles. The summed E-state index contributed by atoms with van der Waals surface area (Å²) >= 11 is 6.24. The van der Waals surface area contributed by atoms with Gasteiger partial charge in [-0.1, -0.05) is 41.9 Å². The van der Waals surface area contributed by atoms with E-state index in [4.69, 9.17) is 16.6 Å². The van der Waals surface area contributed by atoms with E-state index < -0.39 is 0 Å². The number of benzene rings is 3. The Labute approximate surface area is 182 Å². The molecule has 0 saturated carbocycles. The maximum Gasteiger partial charge on any atom is 0.257 e. The Balaban J connectivity index is 1.62. The molecular formula is C23H17ClN6O. The van der Waals surface area contributed by atoms with Gasteiger partial charge in [0.15, 0.2) is 0 Å². The molecule has 0 aliphatic carbocycles. The number of carbonyl (C=O) groups excluding carboxylic acids is 1. The van der Waals surface area contributed by atoms with Gasteiger partial charge < -0.3 is 10.2 Å². The summed E-state index contributed by atoms with van der Waals surface area (Å²) in [5.74, 6) is 0.888. The zero-order valence-electron chi connectivity index (χ0n) is 16.5. The van der Waals surface area contributed by atoms with Crippen molar-refractivity contribution in [2.45, 2.75) is 0 Å². The number of fused-ring (bicyclic) bond motifs is 3. The van der Waals surface area contributed by atoms with Crippen LogP contribution in [0.2, 0.25) is 5.02 Å². The monoisotopic (exact) mass is 428 g/mol.